The third-order valence-electron chi connectivity index (χ3n) is 3.01. The van der Waals surface area contributed by atoms with Crippen LogP contribution in [-0.4, -0.2) is 25.6 Å². The number of nitro groups is 1. The van der Waals surface area contributed by atoms with Gasteiger partial charge in [-0.3, -0.25) is 25.0 Å². The molecule has 9 heteroatoms. The average molecular weight is 290 g/mol. The molecule has 3 N–H and O–H groups in total. The summed E-state index contributed by atoms with van der Waals surface area (Å²) in [6.45, 7) is 3.42. The van der Waals surface area contributed by atoms with Crippen molar-refractivity contribution >= 4 is 11.6 Å². The number of carbonyl (C=O) groups excluding carboxylic acids is 1. The number of hydrogen-bond donors (Lipinski definition) is 2. The van der Waals surface area contributed by atoms with Gasteiger partial charge in [0.25, 0.3) is 5.91 Å². The predicted molar refractivity (Wildman–Crippen MR) is 73.3 cm³/mol. The molecule has 0 spiro atoms. The van der Waals surface area contributed by atoms with Gasteiger partial charge >= 0.3 is 5.69 Å². The molecule has 0 saturated carbocycles. The lowest BCUT2D eigenvalue weighted by Gasteiger charge is -2.05. The van der Waals surface area contributed by atoms with Gasteiger partial charge in [0.2, 0.25) is 0 Å². The Morgan fingerprint density at radius 1 is 1.48 bits per heavy atom. The van der Waals surface area contributed by atoms with Crippen molar-refractivity contribution < 1.29 is 9.72 Å². The number of amides is 1. The van der Waals surface area contributed by atoms with Crippen LogP contribution in [0.1, 0.15) is 27.6 Å². The predicted octanol–water partition coefficient (Wildman–Crippen LogP) is 0.455. The van der Waals surface area contributed by atoms with E-state index in [4.69, 9.17) is 5.84 Å². The van der Waals surface area contributed by atoms with Crippen molar-refractivity contribution in [2.45, 2.75) is 20.4 Å². The summed E-state index contributed by atoms with van der Waals surface area (Å²) in [6.07, 6.45) is 0. The third-order valence-corrected chi connectivity index (χ3v) is 3.01. The molecule has 9 nitrogen and oxygen atoms in total. The van der Waals surface area contributed by atoms with Crippen LogP contribution in [0.4, 0.5) is 5.69 Å². The molecule has 0 saturated heterocycles. The van der Waals surface area contributed by atoms with Gasteiger partial charge < -0.3 is 0 Å². The fraction of sp³-hybridized carbons (Fsp3) is 0.250. The second-order valence-electron chi connectivity index (χ2n) is 4.42. The second kappa shape index (κ2) is 5.67. The number of nitrogen functional groups attached to an aromatic ring is 1. The van der Waals surface area contributed by atoms with Crippen LogP contribution in [0, 0.1) is 24.0 Å². The van der Waals surface area contributed by atoms with Gasteiger partial charge in [0.15, 0.2) is 0 Å². The fourth-order valence-corrected chi connectivity index (χ4v) is 2.03. The summed E-state index contributed by atoms with van der Waals surface area (Å²) in [5.74, 6) is 4.55. The van der Waals surface area contributed by atoms with Crippen molar-refractivity contribution in [1.82, 2.24) is 20.2 Å². The monoisotopic (exact) mass is 290 g/mol. The molecule has 21 heavy (non-hydrogen) atoms. The molecule has 110 valence electrons. The Bertz CT molecular complexity index is 709. The van der Waals surface area contributed by atoms with E-state index in [-0.39, 0.29) is 17.9 Å². The van der Waals surface area contributed by atoms with E-state index in [0.717, 1.165) is 0 Å². The SMILES string of the molecule is Cc1nn(Cc2cccc(C(=O)NN)n2)c(C)c1[N+](=O)[O-]. The minimum absolute atomic E-state index is 0.00847. The van der Waals surface area contributed by atoms with E-state index in [1.165, 1.54) is 10.7 Å². The molecule has 0 aliphatic heterocycles. The van der Waals surface area contributed by atoms with Crippen molar-refractivity contribution in [1.29, 1.82) is 0 Å². The van der Waals surface area contributed by atoms with Crippen LogP contribution in [0.3, 0.4) is 0 Å². The lowest BCUT2D eigenvalue weighted by molar-refractivity contribution is -0.386. The van der Waals surface area contributed by atoms with E-state index in [1.54, 1.807) is 26.0 Å². The Kier molecular flexibility index (Phi) is 3.94. The van der Waals surface area contributed by atoms with Gasteiger partial charge in [-0.05, 0) is 26.0 Å². The van der Waals surface area contributed by atoms with Crippen LogP contribution >= 0.6 is 0 Å². The van der Waals surface area contributed by atoms with Gasteiger partial charge in [0, 0.05) is 0 Å². The van der Waals surface area contributed by atoms with E-state index in [2.05, 4.69) is 10.1 Å². The molecule has 2 aromatic heterocycles. The molecule has 0 radical (unpaired) electrons. The van der Waals surface area contributed by atoms with Crippen LogP contribution in [0.5, 0.6) is 0 Å². The smallest absolute Gasteiger partial charge is 0.289 e. The normalized spacial score (nSPS) is 10.4. The first-order valence-corrected chi connectivity index (χ1v) is 6.09. The third kappa shape index (κ3) is 2.87. The van der Waals surface area contributed by atoms with Crippen LogP contribution in [-0.2, 0) is 6.54 Å². The summed E-state index contributed by atoms with van der Waals surface area (Å²) in [5, 5.41) is 15.1. The maximum atomic E-state index is 11.4. The van der Waals surface area contributed by atoms with E-state index < -0.39 is 10.8 Å². The molecule has 0 aliphatic carbocycles. The fourth-order valence-electron chi connectivity index (χ4n) is 2.03. The number of aryl methyl sites for hydroxylation is 1. The summed E-state index contributed by atoms with van der Waals surface area (Å²) < 4.78 is 1.49. The highest BCUT2D eigenvalue weighted by atomic mass is 16.6. The van der Waals surface area contributed by atoms with Crippen molar-refractivity contribution in [3.05, 3.63) is 51.1 Å². The van der Waals surface area contributed by atoms with Crippen LogP contribution < -0.4 is 11.3 Å². The second-order valence-corrected chi connectivity index (χ2v) is 4.42. The molecule has 1 amide bonds. The average Bonchev–Trinajstić information content (AvgIpc) is 2.72. The Labute approximate surface area is 119 Å². The molecule has 0 bridgehead atoms. The number of nitrogens with zero attached hydrogens (tertiary/aromatic N) is 4. The summed E-state index contributed by atoms with van der Waals surface area (Å²) in [4.78, 5) is 26.1. The molecule has 0 atom stereocenters. The van der Waals surface area contributed by atoms with Gasteiger partial charge in [0.1, 0.15) is 17.1 Å². The topological polar surface area (TPSA) is 129 Å². The van der Waals surface area contributed by atoms with E-state index in [0.29, 0.717) is 17.1 Å². The van der Waals surface area contributed by atoms with Crippen molar-refractivity contribution in [3.8, 4) is 0 Å². The quantitative estimate of drug-likeness (QED) is 0.364. The Morgan fingerprint density at radius 3 is 2.76 bits per heavy atom. The molecule has 2 aromatic rings. The molecular formula is C12H14N6O3. The van der Waals surface area contributed by atoms with Gasteiger partial charge in [-0.1, -0.05) is 6.07 Å². The van der Waals surface area contributed by atoms with E-state index in [1.807, 2.05) is 5.43 Å². The zero-order valence-corrected chi connectivity index (χ0v) is 11.5. The minimum Gasteiger partial charge on any atom is -0.289 e. The molecule has 0 aliphatic rings. The highest BCUT2D eigenvalue weighted by Crippen LogP contribution is 2.22. The lowest BCUT2D eigenvalue weighted by atomic mass is 10.3. The maximum absolute atomic E-state index is 11.4. The number of carbonyl (C=O) groups is 1. The van der Waals surface area contributed by atoms with Crippen molar-refractivity contribution in [3.63, 3.8) is 0 Å². The Hall–Kier alpha value is -2.81. The van der Waals surface area contributed by atoms with Gasteiger partial charge in [-0.2, -0.15) is 5.10 Å². The lowest BCUT2D eigenvalue weighted by Crippen LogP contribution is -2.30. The van der Waals surface area contributed by atoms with E-state index >= 15 is 0 Å². The number of hydrogen-bond acceptors (Lipinski definition) is 6. The number of hydrazine groups is 1. The summed E-state index contributed by atoms with van der Waals surface area (Å²) >= 11 is 0. The number of pyridine rings is 1. The highest BCUT2D eigenvalue weighted by molar-refractivity contribution is 5.91. The number of nitrogens with one attached hydrogen (secondary N) is 1. The summed E-state index contributed by atoms with van der Waals surface area (Å²) in [6, 6.07) is 4.89. The molecule has 0 fully saturated rings. The molecular weight excluding hydrogens is 276 g/mol. The standard InChI is InChI=1S/C12H14N6O3/c1-7-11(18(20)21)8(2)17(16-7)6-9-4-3-5-10(14-9)12(19)15-13/h3-5H,6,13H2,1-2H3,(H,15,19). The Balaban J connectivity index is 2.33. The molecule has 0 aromatic carbocycles. The van der Waals surface area contributed by atoms with E-state index in [9.17, 15) is 14.9 Å². The number of nitrogens with two attached hydrogens (primary N) is 1. The van der Waals surface area contributed by atoms with Gasteiger partial charge in [-0.15, -0.1) is 0 Å². The van der Waals surface area contributed by atoms with Crippen molar-refractivity contribution in [2.75, 3.05) is 0 Å². The van der Waals surface area contributed by atoms with Crippen molar-refractivity contribution in [2.24, 2.45) is 5.84 Å². The molecule has 2 rings (SSSR count). The van der Waals surface area contributed by atoms with Gasteiger partial charge in [0.05, 0.1) is 17.2 Å². The summed E-state index contributed by atoms with van der Waals surface area (Å²) in [5.41, 5.74) is 3.49. The largest absolute Gasteiger partial charge is 0.312 e. The summed E-state index contributed by atoms with van der Waals surface area (Å²) in [7, 11) is 0. The van der Waals surface area contributed by atoms with Crippen LogP contribution in [0.2, 0.25) is 0 Å². The van der Waals surface area contributed by atoms with Crippen LogP contribution in [0.15, 0.2) is 18.2 Å². The van der Waals surface area contributed by atoms with Gasteiger partial charge in [-0.25, -0.2) is 10.8 Å². The maximum Gasteiger partial charge on any atom is 0.312 e. The molecule has 2 heterocycles. The highest BCUT2D eigenvalue weighted by Gasteiger charge is 2.22. The first-order valence-electron chi connectivity index (χ1n) is 6.09. The zero-order valence-electron chi connectivity index (χ0n) is 11.5. The zero-order chi connectivity index (χ0) is 15.6. The van der Waals surface area contributed by atoms with Crippen LogP contribution in [0.25, 0.3) is 0 Å². The Morgan fingerprint density at radius 2 is 2.19 bits per heavy atom. The first-order chi connectivity index (χ1) is 9.93. The minimum atomic E-state index is -0.504. The molecule has 0 unspecified atom stereocenters. The number of aromatic nitrogens is 3. The number of rotatable bonds is 4. The first kappa shape index (κ1) is 14.6.